The zero-order valence-corrected chi connectivity index (χ0v) is 22.6. The van der Waals surface area contributed by atoms with Gasteiger partial charge in [-0.25, -0.2) is 0 Å². The van der Waals surface area contributed by atoms with Gasteiger partial charge in [-0.3, -0.25) is 34.1 Å². The summed E-state index contributed by atoms with van der Waals surface area (Å²) in [5.41, 5.74) is 3.18. The summed E-state index contributed by atoms with van der Waals surface area (Å²) in [6, 6.07) is 8.86. The fraction of sp³-hybridized carbons (Fsp3) is 0.433. The summed E-state index contributed by atoms with van der Waals surface area (Å²) in [5, 5.41) is 8.78. The van der Waals surface area contributed by atoms with Gasteiger partial charge in [0, 0.05) is 55.2 Å². The van der Waals surface area contributed by atoms with Crippen LogP contribution in [0.3, 0.4) is 0 Å². The van der Waals surface area contributed by atoms with Gasteiger partial charge in [0.05, 0.1) is 24.1 Å². The number of nitrogens with one attached hydrogen (secondary N) is 1. The highest BCUT2D eigenvalue weighted by Crippen LogP contribution is 2.43. The quantitative estimate of drug-likeness (QED) is 0.499. The van der Waals surface area contributed by atoms with Crippen LogP contribution in [0.4, 0.5) is 11.4 Å². The maximum absolute atomic E-state index is 13.4. The van der Waals surface area contributed by atoms with Gasteiger partial charge in [0.1, 0.15) is 6.04 Å². The molecule has 4 aliphatic rings. The van der Waals surface area contributed by atoms with E-state index in [0.29, 0.717) is 30.1 Å². The predicted octanol–water partition coefficient (Wildman–Crippen LogP) is 2.69. The number of nitrogens with zero attached hydrogens (tertiary/aromatic N) is 5. The zero-order chi connectivity index (χ0) is 27.6. The van der Waals surface area contributed by atoms with Crippen LogP contribution in [0.2, 0.25) is 0 Å². The molecule has 0 spiro atoms. The molecule has 0 radical (unpaired) electrons. The van der Waals surface area contributed by atoms with E-state index in [1.807, 2.05) is 46.2 Å². The molecule has 2 aromatic carbocycles. The Hall–Kier alpha value is -4.21. The number of piperazine rings is 1. The van der Waals surface area contributed by atoms with Crippen molar-refractivity contribution in [2.75, 3.05) is 36.0 Å². The second kappa shape index (κ2) is 9.18. The minimum absolute atomic E-state index is 0.157. The van der Waals surface area contributed by atoms with Crippen LogP contribution in [0, 0.1) is 5.41 Å². The Morgan fingerprint density at radius 2 is 1.88 bits per heavy atom. The molecule has 1 aromatic heterocycles. The van der Waals surface area contributed by atoms with Crippen LogP contribution in [-0.4, -0.2) is 70.5 Å². The Morgan fingerprint density at radius 1 is 1.07 bits per heavy atom. The number of imide groups is 1. The molecular formula is C30H32N6O4. The Kier molecular flexibility index (Phi) is 5.69. The Morgan fingerprint density at radius 3 is 2.60 bits per heavy atom. The first-order valence-corrected chi connectivity index (χ1v) is 14.1. The van der Waals surface area contributed by atoms with Crippen molar-refractivity contribution in [3.63, 3.8) is 0 Å². The van der Waals surface area contributed by atoms with E-state index >= 15 is 0 Å². The van der Waals surface area contributed by atoms with Crippen LogP contribution in [-0.2, 0) is 20.9 Å². The summed E-state index contributed by atoms with van der Waals surface area (Å²) >= 11 is 0. The van der Waals surface area contributed by atoms with Gasteiger partial charge in [0.15, 0.2) is 0 Å². The highest BCUT2D eigenvalue weighted by Gasteiger charge is 2.43. The SMILES string of the molecule is CC1(C(=O)N2CCN(c3cnn(Cc4ccc5c6c(cccc46)C(=O)N5C4CCC(=O)NC4=O)c3)CC2)CCC1. The number of rotatable bonds is 5. The van der Waals surface area contributed by atoms with Gasteiger partial charge in [0.25, 0.3) is 5.91 Å². The molecule has 10 heteroatoms. The number of carbonyl (C=O) groups is 4. The average molecular weight is 541 g/mol. The first kappa shape index (κ1) is 24.8. The third-order valence-corrected chi connectivity index (χ3v) is 9.20. The molecule has 2 saturated heterocycles. The maximum atomic E-state index is 13.4. The minimum atomic E-state index is -0.701. The lowest BCUT2D eigenvalue weighted by molar-refractivity contribution is -0.146. The van der Waals surface area contributed by atoms with Crippen molar-refractivity contribution in [2.45, 2.75) is 51.6 Å². The van der Waals surface area contributed by atoms with Gasteiger partial charge >= 0.3 is 0 Å². The standard InChI is InChI=1S/C30H32N6O4/c1-30(10-3-11-30)29(40)34-14-12-33(13-15-34)20-16-31-35(18-20)17-19-6-7-23-26-21(19)4-2-5-22(26)28(39)36(23)24-8-9-25(37)32-27(24)38/h2,4-7,16,18,24H,3,8-15,17H2,1H3,(H,32,37,38). The first-order valence-electron chi connectivity index (χ1n) is 14.1. The minimum Gasteiger partial charge on any atom is -0.365 e. The van der Waals surface area contributed by atoms with Crippen LogP contribution >= 0.6 is 0 Å². The predicted molar refractivity (Wildman–Crippen MR) is 149 cm³/mol. The number of aromatic nitrogens is 2. The van der Waals surface area contributed by atoms with Crippen LogP contribution in [0.1, 0.15) is 54.9 Å². The summed E-state index contributed by atoms with van der Waals surface area (Å²) in [4.78, 5) is 56.4. The second-order valence-electron chi connectivity index (χ2n) is 11.7. The third-order valence-electron chi connectivity index (χ3n) is 9.20. The monoisotopic (exact) mass is 540 g/mol. The van der Waals surface area contributed by atoms with Gasteiger partial charge < -0.3 is 9.80 Å². The molecule has 1 atom stereocenters. The average Bonchev–Trinajstić information content (AvgIpc) is 3.52. The van der Waals surface area contributed by atoms with E-state index in [4.69, 9.17) is 0 Å². The van der Waals surface area contributed by atoms with Crippen LogP contribution in [0.25, 0.3) is 10.8 Å². The molecule has 1 aliphatic carbocycles. The summed E-state index contributed by atoms with van der Waals surface area (Å²) in [7, 11) is 0. The molecule has 4 amide bonds. The molecular weight excluding hydrogens is 508 g/mol. The number of anilines is 2. The molecule has 7 rings (SSSR count). The molecule has 3 fully saturated rings. The van der Waals surface area contributed by atoms with E-state index in [2.05, 4.69) is 22.2 Å². The normalized spacial score (nSPS) is 22.1. The van der Waals surface area contributed by atoms with Crippen molar-refractivity contribution >= 4 is 45.8 Å². The second-order valence-corrected chi connectivity index (χ2v) is 11.7. The highest BCUT2D eigenvalue weighted by atomic mass is 16.2. The molecule has 206 valence electrons. The van der Waals surface area contributed by atoms with Gasteiger partial charge in [-0.1, -0.05) is 31.5 Å². The summed E-state index contributed by atoms with van der Waals surface area (Å²) in [6.07, 6.45) is 7.58. The van der Waals surface area contributed by atoms with E-state index in [0.717, 1.165) is 67.5 Å². The fourth-order valence-electron chi connectivity index (χ4n) is 6.69. The van der Waals surface area contributed by atoms with Crippen molar-refractivity contribution in [1.29, 1.82) is 0 Å². The van der Waals surface area contributed by atoms with Crippen LogP contribution < -0.4 is 15.1 Å². The van der Waals surface area contributed by atoms with Crippen LogP contribution in [0.5, 0.6) is 0 Å². The number of piperidine rings is 1. The lowest BCUT2D eigenvalue weighted by Crippen LogP contribution is -2.54. The smallest absolute Gasteiger partial charge is 0.259 e. The Balaban J connectivity index is 1.09. The molecule has 4 heterocycles. The summed E-state index contributed by atoms with van der Waals surface area (Å²) < 4.78 is 1.90. The highest BCUT2D eigenvalue weighted by molar-refractivity contribution is 6.27. The fourth-order valence-corrected chi connectivity index (χ4v) is 6.69. The Bertz CT molecular complexity index is 1570. The van der Waals surface area contributed by atoms with Gasteiger partial charge in [-0.05, 0) is 42.3 Å². The molecule has 1 unspecified atom stereocenters. The van der Waals surface area contributed by atoms with Crippen molar-refractivity contribution in [3.8, 4) is 0 Å². The number of carbonyl (C=O) groups excluding carboxylic acids is 4. The first-order chi connectivity index (χ1) is 19.3. The molecule has 3 aliphatic heterocycles. The largest absolute Gasteiger partial charge is 0.365 e. The topological polar surface area (TPSA) is 108 Å². The Labute approximate surface area is 231 Å². The van der Waals surface area contributed by atoms with E-state index in [9.17, 15) is 19.2 Å². The number of hydrogen-bond donors (Lipinski definition) is 1. The third kappa shape index (κ3) is 3.88. The van der Waals surface area contributed by atoms with Crippen molar-refractivity contribution in [1.82, 2.24) is 20.0 Å². The molecule has 0 bridgehead atoms. The van der Waals surface area contributed by atoms with Crippen LogP contribution in [0.15, 0.2) is 42.7 Å². The number of benzene rings is 2. The summed E-state index contributed by atoms with van der Waals surface area (Å²) in [5.74, 6) is -0.641. The van der Waals surface area contributed by atoms with Gasteiger partial charge in [-0.2, -0.15) is 5.10 Å². The molecule has 1 N–H and O–H groups in total. The van der Waals surface area contributed by atoms with E-state index < -0.39 is 11.9 Å². The van der Waals surface area contributed by atoms with E-state index in [-0.39, 0.29) is 23.7 Å². The van der Waals surface area contributed by atoms with E-state index in [1.165, 1.54) is 0 Å². The lowest BCUT2D eigenvalue weighted by Gasteiger charge is -2.43. The number of hydrogen-bond acceptors (Lipinski definition) is 6. The van der Waals surface area contributed by atoms with Gasteiger partial charge in [-0.15, -0.1) is 0 Å². The number of amides is 4. The van der Waals surface area contributed by atoms with Gasteiger partial charge in [0.2, 0.25) is 17.7 Å². The van der Waals surface area contributed by atoms with Crippen molar-refractivity contribution < 1.29 is 19.2 Å². The molecule has 40 heavy (non-hydrogen) atoms. The van der Waals surface area contributed by atoms with Crippen molar-refractivity contribution in [2.24, 2.45) is 5.41 Å². The maximum Gasteiger partial charge on any atom is 0.259 e. The van der Waals surface area contributed by atoms with Crippen molar-refractivity contribution in [3.05, 3.63) is 53.9 Å². The summed E-state index contributed by atoms with van der Waals surface area (Å²) in [6.45, 7) is 5.65. The van der Waals surface area contributed by atoms with E-state index in [1.54, 1.807) is 11.0 Å². The lowest BCUT2D eigenvalue weighted by atomic mass is 9.69. The zero-order valence-electron chi connectivity index (χ0n) is 22.6. The molecule has 1 saturated carbocycles. The molecule has 3 aromatic rings. The molecule has 10 nitrogen and oxygen atoms in total.